The fourth-order valence-corrected chi connectivity index (χ4v) is 3.26. The number of hydrogen-bond donors (Lipinski definition) is 2. The Bertz CT molecular complexity index is 761. The normalized spacial score (nSPS) is 19.7. The molecule has 2 amide bonds. The number of amides is 2. The number of β-amino-alcohol motifs (C(OH)–C–C–N with tert-alkyl or cyclic N) is 1. The topological polar surface area (TPSA) is 65.0 Å². The van der Waals surface area contributed by atoms with Gasteiger partial charge in [-0.2, -0.15) is 0 Å². The van der Waals surface area contributed by atoms with Gasteiger partial charge >= 0.3 is 6.03 Å². The predicted molar refractivity (Wildman–Crippen MR) is 103 cm³/mol. The van der Waals surface area contributed by atoms with Crippen LogP contribution in [0.5, 0.6) is 5.75 Å². The first kappa shape index (κ1) is 18.2. The number of likely N-dealkylation sites (tertiary alicyclic amines) is 1. The van der Waals surface area contributed by atoms with Gasteiger partial charge in [0.2, 0.25) is 0 Å². The maximum atomic E-state index is 12.4. The number of carbonyl (C=O) groups is 1. The monoisotopic (exact) mass is 355 g/mol. The van der Waals surface area contributed by atoms with Crippen LogP contribution in [0.4, 0.5) is 10.5 Å². The highest BCUT2D eigenvalue weighted by Gasteiger charge is 2.35. The van der Waals surface area contributed by atoms with E-state index in [4.69, 9.17) is 4.74 Å². The largest absolute Gasteiger partial charge is 0.496 e. The lowest BCUT2D eigenvalue weighted by molar-refractivity contribution is 0.113. The number of urea groups is 1. The molecule has 0 aliphatic carbocycles. The maximum Gasteiger partial charge on any atom is 0.321 e. The third kappa shape index (κ3) is 3.81. The van der Waals surface area contributed by atoms with E-state index in [-0.39, 0.29) is 12.1 Å². The van der Waals surface area contributed by atoms with Crippen molar-refractivity contribution in [1.29, 1.82) is 0 Å². The minimum Gasteiger partial charge on any atom is -0.496 e. The molecule has 1 heterocycles. The third-order valence-corrected chi connectivity index (χ3v) is 4.76. The van der Waals surface area contributed by atoms with Gasteiger partial charge in [-0.05, 0) is 37.9 Å². The Morgan fingerprint density at radius 2 is 1.85 bits per heavy atom. The van der Waals surface area contributed by atoms with Crippen LogP contribution in [0, 0.1) is 0 Å². The van der Waals surface area contributed by atoms with Crippen molar-refractivity contribution in [3.05, 3.63) is 48.5 Å². The lowest BCUT2D eigenvalue weighted by Crippen LogP contribution is -2.38. The highest BCUT2D eigenvalue weighted by molar-refractivity contribution is 5.90. The van der Waals surface area contributed by atoms with Crippen LogP contribution in [-0.4, -0.2) is 67.4 Å². The molecular weight excluding hydrogens is 330 g/mol. The molecule has 2 atom stereocenters. The maximum absolute atomic E-state index is 12.4. The molecule has 6 nitrogen and oxygen atoms in total. The van der Waals surface area contributed by atoms with E-state index in [0.717, 1.165) is 22.6 Å². The van der Waals surface area contributed by atoms with Crippen molar-refractivity contribution in [3.63, 3.8) is 0 Å². The number of ether oxygens (including phenoxy) is 1. The Hall–Kier alpha value is -2.57. The molecule has 0 radical (unpaired) electrons. The van der Waals surface area contributed by atoms with Crippen molar-refractivity contribution < 1.29 is 14.6 Å². The van der Waals surface area contributed by atoms with Gasteiger partial charge in [-0.3, -0.25) is 0 Å². The summed E-state index contributed by atoms with van der Waals surface area (Å²) in [6.07, 6.45) is -0.524. The number of nitrogens with one attached hydrogen (secondary N) is 1. The average molecular weight is 355 g/mol. The molecule has 0 spiro atoms. The van der Waals surface area contributed by atoms with Crippen molar-refractivity contribution in [1.82, 2.24) is 9.80 Å². The molecule has 1 saturated heterocycles. The predicted octanol–water partition coefficient (Wildman–Crippen LogP) is 2.50. The summed E-state index contributed by atoms with van der Waals surface area (Å²) in [5.74, 6) is 0.810. The SMILES string of the molecule is COc1ccccc1-c1ccc(NC(=O)N2C[C@@H](O)[C@H](N(C)C)C2)cc1. The van der Waals surface area contributed by atoms with Crippen molar-refractivity contribution in [2.24, 2.45) is 0 Å². The van der Waals surface area contributed by atoms with E-state index >= 15 is 0 Å². The number of methoxy groups -OCH3 is 1. The molecule has 0 bridgehead atoms. The minimum absolute atomic E-state index is 0.0336. The number of aliphatic hydroxyl groups excluding tert-OH is 1. The van der Waals surface area contributed by atoms with E-state index in [1.54, 1.807) is 12.0 Å². The molecule has 2 aromatic rings. The molecule has 1 fully saturated rings. The van der Waals surface area contributed by atoms with E-state index in [2.05, 4.69) is 5.32 Å². The summed E-state index contributed by atoms with van der Waals surface area (Å²) in [6, 6.07) is 15.2. The molecule has 2 aromatic carbocycles. The van der Waals surface area contributed by atoms with Gasteiger partial charge < -0.3 is 25.0 Å². The third-order valence-electron chi connectivity index (χ3n) is 4.76. The van der Waals surface area contributed by atoms with Gasteiger partial charge in [-0.1, -0.05) is 30.3 Å². The standard InChI is InChI=1S/C20H25N3O3/c1-22(2)17-12-23(13-18(17)24)20(25)21-15-10-8-14(9-11-15)16-6-4-5-7-19(16)26-3/h4-11,17-18,24H,12-13H2,1-3H3,(H,21,25)/t17-,18-/m1/s1. The number of rotatable bonds is 4. The minimum atomic E-state index is -0.524. The Morgan fingerprint density at radius 3 is 2.46 bits per heavy atom. The molecule has 138 valence electrons. The fourth-order valence-electron chi connectivity index (χ4n) is 3.26. The van der Waals surface area contributed by atoms with Crippen LogP contribution < -0.4 is 10.1 Å². The molecule has 6 heteroatoms. The van der Waals surface area contributed by atoms with Gasteiger partial charge in [0, 0.05) is 17.8 Å². The first-order valence-electron chi connectivity index (χ1n) is 8.63. The number of aliphatic hydroxyl groups is 1. The Kier molecular flexibility index (Phi) is 5.44. The number of nitrogens with zero attached hydrogens (tertiary/aromatic N) is 2. The van der Waals surface area contributed by atoms with Crippen molar-refractivity contribution >= 4 is 11.7 Å². The molecule has 26 heavy (non-hydrogen) atoms. The van der Waals surface area contributed by atoms with Crippen LogP contribution in [0.3, 0.4) is 0 Å². The summed E-state index contributed by atoms with van der Waals surface area (Å²) < 4.78 is 5.40. The number of benzene rings is 2. The van der Waals surface area contributed by atoms with E-state index in [1.807, 2.05) is 67.5 Å². The number of anilines is 1. The quantitative estimate of drug-likeness (QED) is 0.884. The summed E-state index contributed by atoms with van der Waals surface area (Å²) in [5, 5.41) is 13.0. The Morgan fingerprint density at radius 1 is 1.15 bits per heavy atom. The molecule has 2 N–H and O–H groups in total. The fraction of sp³-hybridized carbons (Fsp3) is 0.350. The smallest absolute Gasteiger partial charge is 0.321 e. The first-order chi connectivity index (χ1) is 12.5. The van der Waals surface area contributed by atoms with Crippen molar-refractivity contribution in [2.45, 2.75) is 12.1 Å². The summed E-state index contributed by atoms with van der Waals surface area (Å²) in [5.41, 5.74) is 2.74. The molecule has 0 unspecified atom stereocenters. The van der Waals surface area contributed by atoms with Gasteiger partial charge in [-0.15, -0.1) is 0 Å². The van der Waals surface area contributed by atoms with E-state index in [1.165, 1.54) is 0 Å². The van der Waals surface area contributed by atoms with Gasteiger partial charge in [0.15, 0.2) is 0 Å². The average Bonchev–Trinajstić information content (AvgIpc) is 3.04. The van der Waals surface area contributed by atoms with Crippen LogP contribution >= 0.6 is 0 Å². The molecule has 1 aliphatic heterocycles. The Balaban J connectivity index is 1.67. The van der Waals surface area contributed by atoms with E-state index in [0.29, 0.717) is 13.1 Å². The van der Waals surface area contributed by atoms with E-state index in [9.17, 15) is 9.90 Å². The number of para-hydroxylation sites is 1. The summed E-state index contributed by atoms with van der Waals surface area (Å²) in [4.78, 5) is 16.0. The second kappa shape index (κ2) is 7.76. The van der Waals surface area contributed by atoms with Crippen LogP contribution in [0.25, 0.3) is 11.1 Å². The zero-order valence-corrected chi connectivity index (χ0v) is 15.3. The lowest BCUT2D eigenvalue weighted by Gasteiger charge is -2.21. The number of hydrogen-bond acceptors (Lipinski definition) is 4. The zero-order valence-electron chi connectivity index (χ0n) is 15.3. The summed E-state index contributed by atoms with van der Waals surface area (Å²) >= 11 is 0. The van der Waals surface area contributed by atoms with Crippen LogP contribution in [0.1, 0.15) is 0 Å². The van der Waals surface area contributed by atoms with Crippen molar-refractivity contribution in [2.75, 3.05) is 39.6 Å². The molecular formula is C20H25N3O3. The molecule has 3 rings (SSSR count). The summed E-state index contributed by atoms with van der Waals surface area (Å²) in [6.45, 7) is 0.854. The number of carbonyl (C=O) groups excluding carboxylic acids is 1. The molecule has 0 saturated carbocycles. The van der Waals surface area contributed by atoms with Crippen molar-refractivity contribution in [3.8, 4) is 16.9 Å². The van der Waals surface area contributed by atoms with Crippen LogP contribution in [0.2, 0.25) is 0 Å². The summed E-state index contributed by atoms with van der Waals surface area (Å²) in [7, 11) is 5.47. The second-order valence-corrected chi connectivity index (χ2v) is 6.71. The number of likely N-dealkylation sites (N-methyl/N-ethyl adjacent to an activating group) is 1. The molecule has 0 aromatic heterocycles. The first-order valence-corrected chi connectivity index (χ1v) is 8.63. The van der Waals surface area contributed by atoms with Gasteiger partial charge in [0.25, 0.3) is 0 Å². The van der Waals surface area contributed by atoms with E-state index < -0.39 is 6.10 Å². The van der Waals surface area contributed by atoms with Gasteiger partial charge in [-0.25, -0.2) is 4.79 Å². The second-order valence-electron chi connectivity index (χ2n) is 6.71. The van der Waals surface area contributed by atoms with Crippen LogP contribution in [0.15, 0.2) is 48.5 Å². The highest BCUT2D eigenvalue weighted by Crippen LogP contribution is 2.30. The zero-order chi connectivity index (χ0) is 18.7. The lowest BCUT2D eigenvalue weighted by atomic mass is 10.0. The van der Waals surface area contributed by atoms with Crippen LogP contribution in [-0.2, 0) is 0 Å². The van der Waals surface area contributed by atoms with Gasteiger partial charge in [0.05, 0.1) is 25.8 Å². The highest BCUT2D eigenvalue weighted by atomic mass is 16.5. The molecule has 1 aliphatic rings. The Labute approximate surface area is 154 Å². The van der Waals surface area contributed by atoms with Gasteiger partial charge in [0.1, 0.15) is 5.75 Å².